The lowest BCUT2D eigenvalue weighted by Crippen LogP contribution is -2.53. The molecule has 2 aliphatic rings. The van der Waals surface area contributed by atoms with Gasteiger partial charge in [-0.1, -0.05) is 97.1 Å². The average Bonchev–Trinajstić information content (AvgIpc) is 4.07. The van der Waals surface area contributed by atoms with Crippen LogP contribution in [-0.2, 0) is 62.9 Å². The summed E-state index contributed by atoms with van der Waals surface area (Å²) in [6.45, 7) is 0.955. The molecule has 4 aromatic carbocycles. The fraction of sp³-hybridized carbons (Fsp3) is 0.453. The number of aromatic amines is 2. The number of aromatic nitrogens is 6. The second-order valence-corrected chi connectivity index (χ2v) is 19.0. The first kappa shape index (κ1) is 51.8. The van der Waals surface area contributed by atoms with E-state index in [0.29, 0.717) is 92.4 Å². The summed E-state index contributed by atoms with van der Waals surface area (Å²) in [7, 11) is 0. The number of benzene rings is 4. The van der Waals surface area contributed by atoms with Crippen LogP contribution in [-0.4, -0.2) is 72.0 Å². The Bertz CT molecular complexity index is 2700. The van der Waals surface area contributed by atoms with Crippen molar-refractivity contribution in [3.63, 3.8) is 0 Å². The zero-order valence-corrected chi connectivity index (χ0v) is 39.6. The van der Waals surface area contributed by atoms with Crippen LogP contribution in [0.1, 0.15) is 122 Å². The van der Waals surface area contributed by atoms with E-state index >= 15 is 0 Å². The van der Waals surface area contributed by atoms with Crippen LogP contribution in [0.4, 0.5) is 17.6 Å². The van der Waals surface area contributed by atoms with Crippen LogP contribution in [0.5, 0.6) is 0 Å². The molecule has 6 aromatic rings. The molecular formula is C53H62F4N6O7. The maximum absolute atomic E-state index is 13.3. The molecule has 2 fully saturated rings. The average molecular weight is 971 g/mol. The number of ether oxygens (including phenoxy) is 2. The minimum Gasteiger partial charge on any atom is -0.394 e. The highest BCUT2D eigenvalue weighted by molar-refractivity contribution is 5.87. The Hall–Kier alpha value is -6.01. The van der Waals surface area contributed by atoms with Crippen molar-refractivity contribution in [1.82, 2.24) is 29.5 Å². The fourth-order valence-electron chi connectivity index (χ4n) is 10.5. The van der Waals surface area contributed by atoms with E-state index in [4.69, 9.17) is 9.47 Å². The Morgan fingerprint density at radius 3 is 1.33 bits per heavy atom. The van der Waals surface area contributed by atoms with Gasteiger partial charge in [-0.2, -0.15) is 10.2 Å². The maximum Gasteiger partial charge on any atom is 0.343 e. The minimum atomic E-state index is -1.19. The number of halogens is 4. The third-order valence-electron chi connectivity index (χ3n) is 14.9. The molecule has 70 heavy (non-hydrogen) atoms. The summed E-state index contributed by atoms with van der Waals surface area (Å²) in [5, 5.41) is 32.4. The topological polar surface area (TPSA) is 177 Å². The fourth-order valence-corrected chi connectivity index (χ4v) is 10.5. The lowest BCUT2D eigenvalue weighted by molar-refractivity contribution is -0.134. The van der Waals surface area contributed by atoms with Gasteiger partial charge in [0.2, 0.25) is 0 Å². The molecule has 2 atom stereocenters. The van der Waals surface area contributed by atoms with Crippen molar-refractivity contribution in [1.29, 1.82) is 0 Å². The Labute approximate surface area is 403 Å². The molecule has 8 rings (SSSR count). The third kappa shape index (κ3) is 11.0. The summed E-state index contributed by atoms with van der Waals surface area (Å²) in [5.41, 5.74) is 1.82. The van der Waals surface area contributed by atoms with Gasteiger partial charge in [-0.25, -0.2) is 37.3 Å². The van der Waals surface area contributed by atoms with Crippen LogP contribution >= 0.6 is 0 Å². The zero-order chi connectivity index (χ0) is 49.9. The largest absolute Gasteiger partial charge is 0.394 e. The number of H-pyrrole nitrogens is 2. The van der Waals surface area contributed by atoms with Crippen LogP contribution in [0.15, 0.2) is 119 Å². The smallest absolute Gasteiger partial charge is 0.343 e. The SMILES string of the molecule is C[C@@H](OCC1(c2ccccc2)CCC(C(=O)CO)(n2cn[nH]c2=O)CC1)c1cc(CF)cc(CF)c1.C[C@@H](OCC1(c2ccccc2)CCC(CO)(n2cn[nH]c2=O)CC1)c1cc(CF)cc(CF)c1. The molecule has 0 amide bonds. The number of hydrogen-bond acceptors (Lipinski definition) is 9. The van der Waals surface area contributed by atoms with Gasteiger partial charge in [-0.05, 0) is 110 Å². The Morgan fingerprint density at radius 1 is 0.600 bits per heavy atom. The number of carbonyl (C=O) groups excluding carboxylic acids is 1. The van der Waals surface area contributed by atoms with E-state index in [9.17, 15) is 42.2 Å². The minimum absolute atomic E-state index is 0.156. The van der Waals surface area contributed by atoms with Crippen LogP contribution in [0.25, 0.3) is 0 Å². The monoisotopic (exact) mass is 970 g/mol. The molecule has 0 spiro atoms. The molecule has 2 saturated carbocycles. The Morgan fingerprint density at radius 2 is 0.986 bits per heavy atom. The summed E-state index contributed by atoms with van der Waals surface area (Å²) in [6, 6.07) is 29.8. The quantitative estimate of drug-likeness (QED) is 0.0580. The molecule has 0 saturated heterocycles. The molecule has 2 aliphatic carbocycles. The van der Waals surface area contributed by atoms with Crippen LogP contribution in [0, 0.1) is 0 Å². The van der Waals surface area contributed by atoms with Gasteiger partial charge in [0, 0.05) is 10.8 Å². The molecule has 13 nitrogen and oxygen atoms in total. The van der Waals surface area contributed by atoms with Gasteiger partial charge in [-0.3, -0.25) is 13.9 Å². The predicted molar refractivity (Wildman–Crippen MR) is 255 cm³/mol. The van der Waals surface area contributed by atoms with Gasteiger partial charge >= 0.3 is 11.4 Å². The Balaban J connectivity index is 0.000000207. The van der Waals surface area contributed by atoms with E-state index in [-0.39, 0.29) is 23.8 Å². The highest BCUT2D eigenvalue weighted by Gasteiger charge is 2.50. The number of hydrogen-bond donors (Lipinski definition) is 4. The van der Waals surface area contributed by atoms with Crippen LogP contribution < -0.4 is 11.4 Å². The van der Waals surface area contributed by atoms with E-state index in [0.717, 1.165) is 16.7 Å². The van der Waals surface area contributed by atoms with Crippen molar-refractivity contribution >= 4 is 5.78 Å². The van der Waals surface area contributed by atoms with E-state index in [1.807, 2.05) is 62.4 Å². The lowest BCUT2D eigenvalue weighted by Gasteiger charge is -2.46. The van der Waals surface area contributed by atoms with Crippen molar-refractivity contribution in [2.75, 3.05) is 26.4 Å². The second kappa shape index (κ2) is 22.8. The van der Waals surface area contributed by atoms with Crippen molar-refractivity contribution in [3.05, 3.63) is 175 Å². The van der Waals surface area contributed by atoms with E-state index < -0.39 is 67.4 Å². The van der Waals surface area contributed by atoms with Crippen molar-refractivity contribution in [2.24, 2.45) is 0 Å². The second-order valence-electron chi connectivity index (χ2n) is 19.0. The molecule has 0 bridgehead atoms. The molecule has 2 heterocycles. The van der Waals surface area contributed by atoms with Crippen molar-refractivity contribution in [3.8, 4) is 0 Å². The van der Waals surface area contributed by atoms with Crippen LogP contribution in [0.2, 0.25) is 0 Å². The summed E-state index contributed by atoms with van der Waals surface area (Å²) < 4.78 is 68.7. The first-order valence-electron chi connectivity index (χ1n) is 23.7. The number of nitrogens with one attached hydrogen (secondary N) is 2. The molecule has 4 N–H and O–H groups in total. The highest BCUT2D eigenvalue weighted by Crippen LogP contribution is 2.48. The number of carbonyl (C=O) groups is 1. The normalized spacial score (nSPS) is 23.3. The maximum atomic E-state index is 13.3. The molecule has 0 aliphatic heterocycles. The third-order valence-corrected chi connectivity index (χ3v) is 14.9. The van der Waals surface area contributed by atoms with Gasteiger partial charge in [0.25, 0.3) is 0 Å². The van der Waals surface area contributed by atoms with Gasteiger partial charge in [0.15, 0.2) is 5.78 Å². The number of Topliss-reactive ketones (excluding diaryl/α,β-unsaturated/α-hetero) is 1. The highest BCUT2D eigenvalue weighted by atomic mass is 19.1. The lowest BCUT2D eigenvalue weighted by atomic mass is 9.63. The number of rotatable bonds is 19. The van der Waals surface area contributed by atoms with Gasteiger partial charge < -0.3 is 19.7 Å². The van der Waals surface area contributed by atoms with Gasteiger partial charge in [-0.15, -0.1) is 0 Å². The predicted octanol–water partition coefficient (Wildman–Crippen LogP) is 8.54. The number of alkyl halides is 4. The molecule has 0 radical (unpaired) electrons. The number of aliphatic hydroxyl groups is 2. The number of nitrogens with zero attached hydrogens (tertiary/aromatic N) is 4. The van der Waals surface area contributed by atoms with Crippen molar-refractivity contribution < 1.29 is 42.0 Å². The first-order chi connectivity index (χ1) is 33.8. The summed E-state index contributed by atoms with van der Waals surface area (Å²) in [4.78, 5) is 37.5. The van der Waals surface area contributed by atoms with Gasteiger partial charge in [0.1, 0.15) is 51.5 Å². The number of ketones is 1. The molecular weight excluding hydrogens is 909 g/mol. The molecule has 0 unspecified atom stereocenters. The standard InChI is InChI=1S/C27H31F2N3O4.C26H31F2N3O3/c1-19(22-12-20(14-28)11-21(13-22)15-29)36-17-26(23-5-3-2-4-6-23)7-9-27(10-8-26,24(34)16-33)32-18-30-31-25(32)35;1-19(22-12-20(14-27)11-21(13-22)15-28)34-17-25(23-5-3-2-4-6-23)7-9-26(16-32,10-8-25)31-18-29-30-24(31)33/h2-6,11-13,18-19,33H,7-10,14-17H2,1H3,(H,31,35);2-6,11-13,18-19,32H,7-10,14-17H2,1H3,(H,30,33)/t19-,26?,27?;19-,25?,26?/m11/s1. The summed E-state index contributed by atoms with van der Waals surface area (Å²) in [6.07, 6.45) is 6.24. The van der Waals surface area contributed by atoms with Crippen molar-refractivity contribution in [2.45, 2.75) is 126 Å². The zero-order valence-electron chi connectivity index (χ0n) is 39.6. The van der Waals surface area contributed by atoms with Gasteiger partial charge in [0.05, 0.1) is 37.6 Å². The van der Waals surface area contributed by atoms with E-state index in [2.05, 4.69) is 32.5 Å². The van der Waals surface area contributed by atoms with E-state index in [1.165, 1.54) is 33.9 Å². The van der Waals surface area contributed by atoms with Crippen LogP contribution in [0.3, 0.4) is 0 Å². The number of aliphatic hydroxyl groups excluding tert-OH is 2. The molecule has 374 valence electrons. The summed E-state index contributed by atoms with van der Waals surface area (Å²) >= 11 is 0. The molecule has 2 aromatic heterocycles. The van der Waals surface area contributed by atoms with E-state index in [1.54, 1.807) is 24.3 Å². The summed E-state index contributed by atoms with van der Waals surface area (Å²) in [5.74, 6) is -0.427. The molecule has 17 heteroatoms. The first-order valence-corrected chi connectivity index (χ1v) is 23.7. The Kier molecular flexibility index (Phi) is 16.9.